The number of nitrogens with one attached hydrogen (secondary N) is 1. The molecule has 6 nitrogen and oxygen atoms in total. The first-order chi connectivity index (χ1) is 12.2. The van der Waals surface area contributed by atoms with Gasteiger partial charge in [0.15, 0.2) is 11.3 Å². The zero-order valence-corrected chi connectivity index (χ0v) is 13.9. The number of methoxy groups -OCH3 is 1. The predicted molar refractivity (Wildman–Crippen MR) is 94.6 cm³/mol. The Bertz CT molecular complexity index is 1020. The van der Waals surface area contributed by atoms with Crippen LogP contribution < -0.4 is 10.1 Å². The lowest BCUT2D eigenvalue weighted by molar-refractivity contribution is 0.389. The first-order valence-electron chi connectivity index (χ1n) is 7.92. The van der Waals surface area contributed by atoms with Crippen molar-refractivity contribution in [2.24, 2.45) is 0 Å². The summed E-state index contributed by atoms with van der Waals surface area (Å²) in [7, 11) is 1.64. The fraction of sp³-hybridized carbons (Fsp3) is 0.158. The average molecular weight is 335 g/mol. The predicted octanol–water partition coefficient (Wildman–Crippen LogP) is 4.41. The number of hydrogen-bond donors (Lipinski definition) is 1. The Balaban J connectivity index is 1.48. The third kappa shape index (κ3) is 3.19. The standard InChI is InChI=1S/C19H17N3O3/c1-12-6-7-18-17(8-12)21-19(24-18)20-11-15-10-16(22-25-15)13-4-3-5-14(9-13)23-2/h3-10H,11H2,1-2H3,(H,20,21). The molecule has 0 radical (unpaired) electrons. The van der Waals surface area contributed by atoms with E-state index in [0.717, 1.165) is 33.7 Å². The number of fused-ring (bicyclic) bond motifs is 1. The van der Waals surface area contributed by atoms with Gasteiger partial charge in [0, 0.05) is 11.6 Å². The topological polar surface area (TPSA) is 73.3 Å². The van der Waals surface area contributed by atoms with Gasteiger partial charge in [0.1, 0.15) is 17.0 Å². The Kier molecular flexibility index (Phi) is 3.85. The molecule has 0 amide bonds. The second kappa shape index (κ2) is 6.32. The summed E-state index contributed by atoms with van der Waals surface area (Å²) in [6.07, 6.45) is 0. The summed E-state index contributed by atoms with van der Waals surface area (Å²) < 4.78 is 16.3. The van der Waals surface area contributed by atoms with Crippen LogP contribution in [-0.4, -0.2) is 17.3 Å². The minimum absolute atomic E-state index is 0.433. The van der Waals surface area contributed by atoms with E-state index in [1.165, 1.54) is 0 Å². The molecule has 0 saturated heterocycles. The molecule has 1 N–H and O–H groups in total. The zero-order valence-electron chi connectivity index (χ0n) is 13.9. The molecule has 4 rings (SSSR count). The van der Waals surface area contributed by atoms with Crippen LogP contribution in [0.4, 0.5) is 6.01 Å². The summed E-state index contributed by atoms with van der Waals surface area (Å²) >= 11 is 0. The molecule has 2 heterocycles. The summed E-state index contributed by atoms with van der Waals surface area (Å²) in [5.74, 6) is 1.47. The van der Waals surface area contributed by atoms with Crippen molar-refractivity contribution in [3.8, 4) is 17.0 Å². The van der Waals surface area contributed by atoms with Gasteiger partial charge in [-0.2, -0.15) is 4.98 Å². The van der Waals surface area contributed by atoms with Crippen molar-refractivity contribution in [1.82, 2.24) is 10.1 Å². The van der Waals surface area contributed by atoms with E-state index in [2.05, 4.69) is 15.5 Å². The summed E-state index contributed by atoms with van der Waals surface area (Å²) in [6.45, 7) is 2.46. The minimum atomic E-state index is 0.433. The highest BCUT2D eigenvalue weighted by Crippen LogP contribution is 2.24. The van der Waals surface area contributed by atoms with Crippen LogP contribution in [0.2, 0.25) is 0 Å². The second-order valence-corrected chi connectivity index (χ2v) is 5.75. The molecule has 0 aliphatic heterocycles. The third-order valence-corrected chi connectivity index (χ3v) is 3.88. The Labute approximate surface area is 144 Å². The minimum Gasteiger partial charge on any atom is -0.497 e. The average Bonchev–Trinajstić information content (AvgIpc) is 3.26. The van der Waals surface area contributed by atoms with Gasteiger partial charge in [0.2, 0.25) is 0 Å². The summed E-state index contributed by atoms with van der Waals surface area (Å²) in [6, 6.07) is 15.9. The molecule has 126 valence electrons. The molecule has 6 heteroatoms. The number of hydrogen-bond acceptors (Lipinski definition) is 6. The third-order valence-electron chi connectivity index (χ3n) is 3.88. The van der Waals surface area contributed by atoms with Crippen molar-refractivity contribution in [2.75, 3.05) is 12.4 Å². The lowest BCUT2D eigenvalue weighted by atomic mass is 10.1. The van der Waals surface area contributed by atoms with E-state index >= 15 is 0 Å². The highest BCUT2D eigenvalue weighted by Gasteiger charge is 2.10. The molecule has 25 heavy (non-hydrogen) atoms. The van der Waals surface area contributed by atoms with Crippen LogP contribution in [0.25, 0.3) is 22.4 Å². The lowest BCUT2D eigenvalue weighted by Crippen LogP contribution is -1.97. The van der Waals surface area contributed by atoms with Crippen LogP contribution in [0, 0.1) is 6.92 Å². The van der Waals surface area contributed by atoms with E-state index in [0.29, 0.717) is 18.3 Å². The molecular weight excluding hydrogens is 318 g/mol. The molecule has 0 aliphatic rings. The van der Waals surface area contributed by atoms with Crippen molar-refractivity contribution < 1.29 is 13.7 Å². The molecule has 2 aromatic carbocycles. The number of benzene rings is 2. The SMILES string of the molecule is COc1cccc(-c2cc(CNc3nc4cc(C)ccc4o3)on2)c1. The molecule has 0 saturated carbocycles. The van der Waals surface area contributed by atoms with Gasteiger partial charge in [-0.1, -0.05) is 23.4 Å². The van der Waals surface area contributed by atoms with E-state index < -0.39 is 0 Å². The highest BCUT2D eigenvalue weighted by molar-refractivity contribution is 5.75. The number of aromatic nitrogens is 2. The molecule has 2 aromatic heterocycles. The lowest BCUT2D eigenvalue weighted by Gasteiger charge is -2.00. The Morgan fingerprint density at radius 3 is 2.92 bits per heavy atom. The molecule has 0 atom stereocenters. The fourth-order valence-corrected chi connectivity index (χ4v) is 2.59. The van der Waals surface area contributed by atoms with Crippen LogP contribution in [0.5, 0.6) is 5.75 Å². The molecular formula is C19H17N3O3. The zero-order chi connectivity index (χ0) is 17.2. The number of ether oxygens (including phenoxy) is 1. The number of rotatable bonds is 5. The van der Waals surface area contributed by atoms with Crippen molar-refractivity contribution in [1.29, 1.82) is 0 Å². The van der Waals surface area contributed by atoms with Crippen LogP contribution in [0.3, 0.4) is 0 Å². The van der Waals surface area contributed by atoms with E-state index in [1.54, 1.807) is 7.11 Å². The fourth-order valence-electron chi connectivity index (χ4n) is 2.59. The molecule has 0 bridgehead atoms. The molecule has 0 spiro atoms. The Morgan fingerprint density at radius 1 is 1.12 bits per heavy atom. The number of nitrogens with zero attached hydrogens (tertiary/aromatic N) is 2. The van der Waals surface area contributed by atoms with Gasteiger partial charge in [-0.25, -0.2) is 0 Å². The highest BCUT2D eigenvalue weighted by atomic mass is 16.5. The van der Waals surface area contributed by atoms with Crippen molar-refractivity contribution in [3.05, 3.63) is 59.9 Å². The van der Waals surface area contributed by atoms with E-state index in [9.17, 15) is 0 Å². The molecule has 0 fully saturated rings. The summed E-state index contributed by atoms with van der Waals surface area (Å²) in [5.41, 5.74) is 4.42. The van der Waals surface area contributed by atoms with Crippen molar-refractivity contribution in [2.45, 2.75) is 13.5 Å². The normalized spacial score (nSPS) is 11.0. The maximum Gasteiger partial charge on any atom is 0.296 e. The van der Waals surface area contributed by atoms with Crippen LogP contribution in [0.1, 0.15) is 11.3 Å². The Hall–Kier alpha value is -3.28. The maximum atomic E-state index is 5.67. The van der Waals surface area contributed by atoms with Gasteiger partial charge in [-0.05, 0) is 36.8 Å². The van der Waals surface area contributed by atoms with E-state index in [1.807, 2.05) is 55.5 Å². The van der Waals surface area contributed by atoms with Crippen LogP contribution in [-0.2, 0) is 6.54 Å². The first-order valence-corrected chi connectivity index (χ1v) is 7.92. The largest absolute Gasteiger partial charge is 0.497 e. The van der Waals surface area contributed by atoms with Gasteiger partial charge in [-0.15, -0.1) is 0 Å². The quantitative estimate of drug-likeness (QED) is 0.582. The molecule has 4 aromatic rings. The second-order valence-electron chi connectivity index (χ2n) is 5.75. The Morgan fingerprint density at radius 2 is 2.04 bits per heavy atom. The van der Waals surface area contributed by atoms with Gasteiger partial charge in [0.25, 0.3) is 6.01 Å². The van der Waals surface area contributed by atoms with Gasteiger partial charge < -0.3 is 19.0 Å². The van der Waals surface area contributed by atoms with Crippen molar-refractivity contribution >= 4 is 17.1 Å². The summed E-state index contributed by atoms with van der Waals surface area (Å²) in [4.78, 5) is 4.42. The maximum absolute atomic E-state index is 5.67. The summed E-state index contributed by atoms with van der Waals surface area (Å²) in [5, 5.41) is 7.23. The van der Waals surface area contributed by atoms with E-state index in [4.69, 9.17) is 13.7 Å². The number of oxazole rings is 1. The van der Waals surface area contributed by atoms with Crippen molar-refractivity contribution in [3.63, 3.8) is 0 Å². The van der Waals surface area contributed by atoms with Gasteiger partial charge >= 0.3 is 0 Å². The number of anilines is 1. The van der Waals surface area contributed by atoms with Crippen LogP contribution >= 0.6 is 0 Å². The molecule has 0 aliphatic carbocycles. The van der Waals surface area contributed by atoms with E-state index in [-0.39, 0.29) is 0 Å². The van der Waals surface area contributed by atoms with Crippen LogP contribution in [0.15, 0.2) is 57.5 Å². The first kappa shape index (κ1) is 15.3. The van der Waals surface area contributed by atoms with Gasteiger partial charge in [-0.3, -0.25) is 0 Å². The van der Waals surface area contributed by atoms with Gasteiger partial charge in [0.05, 0.1) is 13.7 Å². The molecule has 0 unspecified atom stereocenters. The smallest absolute Gasteiger partial charge is 0.296 e. The monoisotopic (exact) mass is 335 g/mol. The number of aryl methyl sites for hydroxylation is 1.